The Morgan fingerprint density at radius 1 is 1.56 bits per heavy atom. The van der Waals surface area contributed by atoms with Crippen LogP contribution in [0.25, 0.3) is 0 Å². The van der Waals surface area contributed by atoms with E-state index in [0.29, 0.717) is 23.3 Å². The van der Waals surface area contributed by atoms with E-state index >= 15 is 0 Å². The largest absolute Gasteiger partial charge is 0.382 e. The van der Waals surface area contributed by atoms with Crippen LogP contribution in [0.2, 0.25) is 0 Å². The fourth-order valence-corrected chi connectivity index (χ4v) is 2.77. The first-order valence-electron chi connectivity index (χ1n) is 5.25. The molecule has 86 valence electrons. The second kappa shape index (κ2) is 5.16. The summed E-state index contributed by atoms with van der Waals surface area (Å²) in [5, 5.41) is 10.8. The number of nitrogens with two attached hydrogens (primary N) is 1. The maximum atomic E-state index is 11.6. The Hall–Kier alpha value is -1.30. The highest BCUT2D eigenvalue weighted by molar-refractivity contribution is 8.00. The van der Waals surface area contributed by atoms with Gasteiger partial charge in [-0.15, -0.1) is 10.2 Å². The zero-order valence-corrected chi connectivity index (χ0v) is 9.67. The second-order valence-electron chi connectivity index (χ2n) is 3.69. The maximum absolute atomic E-state index is 11.6. The minimum Gasteiger partial charge on any atom is -0.382 e. The van der Waals surface area contributed by atoms with Gasteiger partial charge in [0, 0.05) is 11.8 Å². The first-order chi connectivity index (χ1) is 7.75. The van der Waals surface area contributed by atoms with Crippen molar-refractivity contribution in [2.45, 2.75) is 18.1 Å². The van der Waals surface area contributed by atoms with Crippen molar-refractivity contribution in [2.75, 3.05) is 18.0 Å². The van der Waals surface area contributed by atoms with E-state index in [9.17, 15) is 4.79 Å². The summed E-state index contributed by atoms with van der Waals surface area (Å²) in [4.78, 5) is 11.6. The number of hydrogen-bond acceptors (Lipinski definition) is 5. The molecule has 5 nitrogen and oxygen atoms in total. The number of carbonyl (C=O) groups excluding carboxylic acids is 1. The molecule has 2 heterocycles. The van der Waals surface area contributed by atoms with Crippen molar-refractivity contribution < 1.29 is 4.79 Å². The van der Waals surface area contributed by atoms with Crippen LogP contribution in [-0.2, 0) is 0 Å². The average molecular weight is 238 g/mol. The molecule has 3 N–H and O–H groups in total. The molecule has 1 atom stereocenters. The minimum atomic E-state index is -0.181. The zero-order chi connectivity index (χ0) is 11.4. The molecule has 1 aromatic heterocycles. The number of anilines is 1. The van der Waals surface area contributed by atoms with Gasteiger partial charge in [0.1, 0.15) is 5.82 Å². The smallest absolute Gasteiger partial charge is 0.271 e. The molecule has 0 bridgehead atoms. The van der Waals surface area contributed by atoms with E-state index in [4.69, 9.17) is 5.73 Å². The van der Waals surface area contributed by atoms with Crippen molar-refractivity contribution >= 4 is 23.5 Å². The highest BCUT2D eigenvalue weighted by Crippen LogP contribution is 2.25. The summed E-state index contributed by atoms with van der Waals surface area (Å²) in [6, 6.07) is 3.16. The number of amides is 1. The summed E-state index contributed by atoms with van der Waals surface area (Å²) in [7, 11) is 0. The van der Waals surface area contributed by atoms with Gasteiger partial charge < -0.3 is 11.1 Å². The van der Waals surface area contributed by atoms with Crippen LogP contribution >= 0.6 is 11.8 Å². The first-order valence-corrected chi connectivity index (χ1v) is 6.29. The van der Waals surface area contributed by atoms with E-state index in [1.807, 2.05) is 11.8 Å². The molecule has 0 radical (unpaired) electrons. The quantitative estimate of drug-likeness (QED) is 0.809. The molecule has 0 aromatic carbocycles. The van der Waals surface area contributed by atoms with Crippen LogP contribution in [0.4, 0.5) is 5.82 Å². The lowest BCUT2D eigenvalue weighted by Crippen LogP contribution is -2.30. The van der Waals surface area contributed by atoms with E-state index in [1.54, 1.807) is 12.1 Å². The van der Waals surface area contributed by atoms with Crippen molar-refractivity contribution in [3.63, 3.8) is 0 Å². The molecule has 0 spiro atoms. The highest BCUT2D eigenvalue weighted by Gasteiger charge is 2.17. The summed E-state index contributed by atoms with van der Waals surface area (Å²) >= 11 is 1.91. The number of hydrogen-bond donors (Lipinski definition) is 2. The Labute approximate surface area is 98.2 Å². The molecular formula is C10H14N4OS. The summed E-state index contributed by atoms with van der Waals surface area (Å²) < 4.78 is 0. The molecule has 0 aliphatic carbocycles. The van der Waals surface area contributed by atoms with Crippen LogP contribution in [0.3, 0.4) is 0 Å². The Morgan fingerprint density at radius 2 is 2.44 bits per heavy atom. The fraction of sp³-hybridized carbons (Fsp3) is 0.500. The van der Waals surface area contributed by atoms with Crippen LogP contribution in [0.15, 0.2) is 12.1 Å². The van der Waals surface area contributed by atoms with Gasteiger partial charge in [-0.1, -0.05) is 0 Å². The standard InChI is InChI=1S/C10H14N4OS/c11-9-4-3-8(13-14-9)10(15)12-6-7-2-1-5-16-7/h3-4,7H,1-2,5-6H2,(H2,11,14)(H,12,15). The normalized spacial score (nSPS) is 19.6. The first kappa shape index (κ1) is 11.2. The monoisotopic (exact) mass is 238 g/mol. The molecule has 6 heteroatoms. The molecule has 16 heavy (non-hydrogen) atoms. The number of carbonyl (C=O) groups is 1. The van der Waals surface area contributed by atoms with Gasteiger partial charge in [0.2, 0.25) is 0 Å². The highest BCUT2D eigenvalue weighted by atomic mass is 32.2. The van der Waals surface area contributed by atoms with Gasteiger partial charge >= 0.3 is 0 Å². The van der Waals surface area contributed by atoms with Crippen molar-refractivity contribution in [1.29, 1.82) is 0 Å². The van der Waals surface area contributed by atoms with E-state index in [0.717, 1.165) is 0 Å². The second-order valence-corrected chi connectivity index (χ2v) is 5.10. The molecule has 1 aliphatic rings. The van der Waals surface area contributed by atoms with Gasteiger partial charge in [-0.25, -0.2) is 0 Å². The third-order valence-electron chi connectivity index (χ3n) is 2.43. The number of nitrogens with one attached hydrogen (secondary N) is 1. The van der Waals surface area contributed by atoms with Crippen LogP contribution in [0.1, 0.15) is 23.3 Å². The summed E-state index contributed by atoms with van der Waals surface area (Å²) in [6.45, 7) is 0.704. The number of nitrogen functional groups attached to an aromatic ring is 1. The van der Waals surface area contributed by atoms with Gasteiger partial charge in [-0.3, -0.25) is 4.79 Å². The third-order valence-corrected chi connectivity index (χ3v) is 3.83. The van der Waals surface area contributed by atoms with E-state index < -0.39 is 0 Å². The maximum Gasteiger partial charge on any atom is 0.271 e. The zero-order valence-electron chi connectivity index (χ0n) is 8.85. The van der Waals surface area contributed by atoms with Crippen molar-refractivity contribution in [3.05, 3.63) is 17.8 Å². The van der Waals surface area contributed by atoms with Gasteiger partial charge in [0.25, 0.3) is 5.91 Å². The Balaban J connectivity index is 1.85. The lowest BCUT2D eigenvalue weighted by molar-refractivity contribution is 0.0948. The number of nitrogens with zero attached hydrogens (tertiary/aromatic N) is 2. The minimum absolute atomic E-state index is 0.181. The topological polar surface area (TPSA) is 80.9 Å². The lowest BCUT2D eigenvalue weighted by atomic mass is 10.2. The van der Waals surface area contributed by atoms with E-state index in [-0.39, 0.29) is 5.91 Å². The molecule has 1 unspecified atom stereocenters. The van der Waals surface area contributed by atoms with Crippen LogP contribution in [0, 0.1) is 0 Å². The molecule has 1 amide bonds. The molecule has 1 saturated heterocycles. The Kier molecular flexibility index (Phi) is 3.61. The SMILES string of the molecule is Nc1ccc(C(=O)NCC2CCCS2)nn1. The van der Waals surface area contributed by atoms with Crippen molar-refractivity contribution in [3.8, 4) is 0 Å². The number of aromatic nitrogens is 2. The van der Waals surface area contributed by atoms with E-state index in [1.165, 1.54) is 18.6 Å². The molecule has 0 saturated carbocycles. The third kappa shape index (κ3) is 2.85. The van der Waals surface area contributed by atoms with Gasteiger partial charge in [-0.2, -0.15) is 11.8 Å². The number of thioether (sulfide) groups is 1. The van der Waals surface area contributed by atoms with Crippen LogP contribution < -0.4 is 11.1 Å². The average Bonchev–Trinajstić information content (AvgIpc) is 2.80. The predicted octanol–water partition coefficient (Wildman–Crippen LogP) is 0.684. The van der Waals surface area contributed by atoms with Gasteiger partial charge in [0.05, 0.1) is 0 Å². The lowest BCUT2D eigenvalue weighted by Gasteiger charge is -2.09. The molecule has 1 aromatic rings. The summed E-state index contributed by atoms with van der Waals surface area (Å²) in [6.07, 6.45) is 2.42. The Bertz CT molecular complexity index is 362. The summed E-state index contributed by atoms with van der Waals surface area (Å²) in [5.41, 5.74) is 5.71. The number of rotatable bonds is 3. The fourth-order valence-electron chi connectivity index (χ4n) is 1.57. The Morgan fingerprint density at radius 3 is 3.06 bits per heavy atom. The van der Waals surface area contributed by atoms with E-state index in [2.05, 4.69) is 15.5 Å². The molecule has 1 fully saturated rings. The van der Waals surface area contributed by atoms with Gasteiger partial charge in [-0.05, 0) is 30.7 Å². The molecule has 1 aliphatic heterocycles. The van der Waals surface area contributed by atoms with Crippen molar-refractivity contribution in [1.82, 2.24) is 15.5 Å². The predicted molar refractivity (Wildman–Crippen MR) is 64.3 cm³/mol. The van der Waals surface area contributed by atoms with Crippen LogP contribution in [-0.4, -0.2) is 33.7 Å². The molecule has 2 rings (SSSR count). The van der Waals surface area contributed by atoms with Crippen LogP contribution in [0.5, 0.6) is 0 Å². The van der Waals surface area contributed by atoms with Crippen molar-refractivity contribution in [2.24, 2.45) is 0 Å². The summed E-state index contributed by atoms with van der Waals surface area (Å²) in [5.74, 6) is 1.34. The van der Waals surface area contributed by atoms with Gasteiger partial charge in [0.15, 0.2) is 5.69 Å². The molecular weight excluding hydrogens is 224 g/mol.